The van der Waals surface area contributed by atoms with Crippen molar-refractivity contribution in [3.63, 3.8) is 0 Å². The molecule has 2 aromatic carbocycles. The van der Waals surface area contributed by atoms with Gasteiger partial charge in [-0.05, 0) is 43.3 Å². The molecule has 1 saturated heterocycles. The van der Waals surface area contributed by atoms with Crippen LogP contribution in [0.5, 0.6) is 0 Å². The van der Waals surface area contributed by atoms with Crippen molar-refractivity contribution in [2.45, 2.75) is 6.92 Å². The van der Waals surface area contributed by atoms with Gasteiger partial charge in [0.1, 0.15) is 5.58 Å². The van der Waals surface area contributed by atoms with Gasteiger partial charge in [0.05, 0.1) is 23.1 Å². The van der Waals surface area contributed by atoms with Gasteiger partial charge in [0.2, 0.25) is 5.13 Å². The molecule has 0 unspecified atom stereocenters. The van der Waals surface area contributed by atoms with E-state index in [1.54, 1.807) is 23.6 Å². The summed E-state index contributed by atoms with van der Waals surface area (Å²) >= 11 is 4.62. The average Bonchev–Trinajstić information content (AvgIpc) is 3.41. The van der Waals surface area contributed by atoms with Crippen molar-refractivity contribution in [2.75, 3.05) is 5.01 Å². The van der Waals surface area contributed by atoms with Gasteiger partial charge in [-0.15, -0.1) is 16.5 Å². The van der Waals surface area contributed by atoms with Crippen LogP contribution in [-0.4, -0.2) is 11.0 Å². The summed E-state index contributed by atoms with van der Waals surface area (Å²) in [7, 11) is 0. The Morgan fingerprint density at radius 1 is 1.15 bits per heavy atom. The lowest BCUT2D eigenvalue weighted by atomic mass is 10.1. The standard InChI is InChI=1S/C22H14BrN5O4S/c1-12-2-5-15(6-3-12)28-18(21(30)32-27-28)10-24-26-22-25-17(11-33-22)16-9-13-8-14(23)4-7-19(13)31-20(16)29/h2-11,27H,1H3/b18-10+,26-24?. The number of aromatic nitrogens is 1. The second kappa shape index (κ2) is 8.70. The molecule has 0 spiro atoms. The highest BCUT2D eigenvalue weighted by atomic mass is 79.9. The number of azo groups is 1. The minimum absolute atomic E-state index is 0.167. The fourth-order valence-electron chi connectivity index (χ4n) is 3.12. The zero-order valence-electron chi connectivity index (χ0n) is 17.0. The fraction of sp³-hybridized carbons (Fsp3) is 0.0455. The van der Waals surface area contributed by atoms with Crippen LogP contribution in [0.3, 0.4) is 0 Å². The van der Waals surface area contributed by atoms with E-state index in [0.29, 0.717) is 27.7 Å². The average molecular weight is 524 g/mol. The topological polar surface area (TPSA) is 109 Å². The number of fused-ring (bicyclic) bond motifs is 1. The first-order valence-electron chi connectivity index (χ1n) is 9.62. The molecule has 0 atom stereocenters. The van der Waals surface area contributed by atoms with Crippen LogP contribution in [0, 0.1) is 6.92 Å². The third-order valence-electron chi connectivity index (χ3n) is 4.76. The third kappa shape index (κ3) is 4.33. The Labute approximate surface area is 199 Å². The molecule has 0 saturated carbocycles. The number of rotatable bonds is 4. The molecule has 9 nitrogen and oxygen atoms in total. The molecule has 11 heteroatoms. The van der Waals surface area contributed by atoms with E-state index < -0.39 is 11.6 Å². The van der Waals surface area contributed by atoms with E-state index in [9.17, 15) is 9.59 Å². The molecule has 0 radical (unpaired) electrons. The van der Waals surface area contributed by atoms with Crippen molar-refractivity contribution in [2.24, 2.45) is 10.2 Å². The summed E-state index contributed by atoms with van der Waals surface area (Å²) in [5.74, 6) is -0.589. The quantitative estimate of drug-likeness (QED) is 0.216. The Bertz CT molecular complexity index is 1490. The molecule has 0 aliphatic carbocycles. The maximum Gasteiger partial charge on any atom is 0.378 e. The number of hydrogen-bond donors (Lipinski definition) is 1. The molecule has 0 bridgehead atoms. The van der Waals surface area contributed by atoms with Gasteiger partial charge in [-0.2, -0.15) is 5.11 Å². The largest absolute Gasteiger partial charge is 0.422 e. The molecule has 1 aliphatic heterocycles. The highest BCUT2D eigenvalue weighted by Gasteiger charge is 2.29. The first-order chi connectivity index (χ1) is 16.0. The van der Waals surface area contributed by atoms with Gasteiger partial charge in [0.25, 0.3) is 0 Å². The Hall–Kier alpha value is -3.67. The SMILES string of the molecule is Cc1ccc(N2NOC(=O)/C2=C\N=Nc2nc(-c3cc4cc(Br)ccc4oc3=O)cs2)cc1. The van der Waals surface area contributed by atoms with E-state index in [1.165, 1.54) is 22.5 Å². The number of hydrogen-bond acceptors (Lipinski definition) is 10. The highest BCUT2D eigenvalue weighted by Crippen LogP contribution is 2.28. The number of anilines is 1. The molecule has 1 aliphatic rings. The summed E-state index contributed by atoms with van der Waals surface area (Å²) in [5, 5.41) is 12.3. The van der Waals surface area contributed by atoms with Crippen LogP contribution in [0.25, 0.3) is 22.2 Å². The summed E-state index contributed by atoms with van der Waals surface area (Å²) in [4.78, 5) is 33.7. The van der Waals surface area contributed by atoms with Gasteiger partial charge in [0.15, 0.2) is 5.70 Å². The minimum atomic E-state index is -0.589. The molecule has 0 amide bonds. The molecule has 2 aromatic heterocycles. The molecule has 164 valence electrons. The van der Waals surface area contributed by atoms with Crippen LogP contribution in [0.2, 0.25) is 0 Å². The van der Waals surface area contributed by atoms with E-state index in [4.69, 9.17) is 9.25 Å². The number of carbonyl (C=O) groups is 1. The summed E-state index contributed by atoms with van der Waals surface area (Å²) in [6.07, 6.45) is 1.28. The highest BCUT2D eigenvalue weighted by molar-refractivity contribution is 9.10. The molecule has 1 N–H and O–H groups in total. The second-order valence-electron chi connectivity index (χ2n) is 7.03. The van der Waals surface area contributed by atoms with Gasteiger partial charge < -0.3 is 9.25 Å². The zero-order valence-corrected chi connectivity index (χ0v) is 19.4. The summed E-state index contributed by atoms with van der Waals surface area (Å²) < 4.78 is 6.26. The van der Waals surface area contributed by atoms with E-state index in [0.717, 1.165) is 15.4 Å². The Morgan fingerprint density at radius 3 is 2.79 bits per heavy atom. The minimum Gasteiger partial charge on any atom is -0.422 e. The van der Waals surface area contributed by atoms with Crippen molar-refractivity contribution < 1.29 is 14.0 Å². The second-order valence-corrected chi connectivity index (χ2v) is 8.78. The Morgan fingerprint density at radius 2 is 1.97 bits per heavy atom. The summed E-state index contributed by atoms with van der Waals surface area (Å²) in [5.41, 5.74) is 5.26. The van der Waals surface area contributed by atoms with Crippen LogP contribution < -0.4 is 16.2 Å². The number of aryl methyl sites for hydroxylation is 1. The van der Waals surface area contributed by atoms with Crippen LogP contribution >= 0.6 is 27.3 Å². The molecular formula is C22H14BrN5O4S. The predicted octanol–water partition coefficient (Wildman–Crippen LogP) is 5.40. The number of nitrogens with zero attached hydrogens (tertiary/aromatic N) is 4. The molecular weight excluding hydrogens is 510 g/mol. The van der Waals surface area contributed by atoms with Crippen LogP contribution in [0.1, 0.15) is 5.56 Å². The monoisotopic (exact) mass is 523 g/mol. The number of thiazole rings is 1. The molecule has 1 fully saturated rings. The van der Waals surface area contributed by atoms with Crippen molar-refractivity contribution in [1.29, 1.82) is 0 Å². The molecule has 5 rings (SSSR count). The van der Waals surface area contributed by atoms with Gasteiger partial charge in [0, 0.05) is 15.2 Å². The van der Waals surface area contributed by atoms with Crippen LogP contribution in [0.15, 0.2) is 89.7 Å². The smallest absolute Gasteiger partial charge is 0.378 e. The lowest BCUT2D eigenvalue weighted by molar-refractivity contribution is -0.140. The van der Waals surface area contributed by atoms with Gasteiger partial charge >= 0.3 is 11.6 Å². The van der Waals surface area contributed by atoms with Gasteiger partial charge in [-0.1, -0.05) is 39.2 Å². The van der Waals surface area contributed by atoms with E-state index in [1.807, 2.05) is 37.3 Å². The van der Waals surface area contributed by atoms with Crippen molar-refractivity contribution in [3.8, 4) is 11.3 Å². The molecule has 33 heavy (non-hydrogen) atoms. The maximum absolute atomic E-state index is 12.4. The van der Waals surface area contributed by atoms with Crippen molar-refractivity contribution in [1.82, 2.24) is 10.6 Å². The first kappa shape index (κ1) is 21.2. The fourth-order valence-corrected chi connectivity index (χ4v) is 4.14. The predicted molar refractivity (Wildman–Crippen MR) is 127 cm³/mol. The van der Waals surface area contributed by atoms with E-state index in [-0.39, 0.29) is 5.70 Å². The number of benzene rings is 2. The zero-order chi connectivity index (χ0) is 22.9. The number of nitrogens with one attached hydrogen (secondary N) is 1. The molecule has 4 aromatic rings. The van der Waals surface area contributed by atoms with Crippen LogP contribution in [-0.2, 0) is 9.63 Å². The molecule has 3 heterocycles. The third-order valence-corrected chi connectivity index (χ3v) is 5.98. The maximum atomic E-state index is 12.4. The Kier molecular flexibility index (Phi) is 5.58. The van der Waals surface area contributed by atoms with Gasteiger partial charge in [-0.3, -0.25) is 0 Å². The van der Waals surface area contributed by atoms with Crippen molar-refractivity contribution >= 4 is 55.0 Å². The summed E-state index contributed by atoms with van der Waals surface area (Å²) in [6, 6.07) is 14.6. The van der Waals surface area contributed by atoms with Crippen LogP contribution in [0.4, 0.5) is 10.8 Å². The lowest BCUT2D eigenvalue weighted by Gasteiger charge is -2.14. The lowest BCUT2D eigenvalue weighted by Crippen LogP contribution is -2.28. The number of halogens is 1. The Balaban J connectivity index is 1.40. The number of hydrazine groups is 1. The summed E-state index contributed by atoms with van der Waals surface area (Å²) in [6.45, 7) is 1.97. The van der Waals surface area contributed by atoms with Gasteiger partial charge in [-0.25, -0.2) is 19.6 Å². The first-order valence-corrected chi connectivity index (χ1v) is 11.3. The normalized spacial score (nSPS) is 15.2. The van der Waals surface area contributed by atoms with E-state index >= 15 is 0 Å². The van der Waals surface area contributed by atoms with E-state index in [2.05, 4.69) is 36.7 Å². The van der Waals surface area contributed by atoms with Crippen molar-refractivity contribution in [3.05, 3.63) is 86.3 Å². The number of carbonyl (C=O) groups excluding carboxylic acids is 1.